The number of aromatic nitrogens is 2. The number of carbonyl (C=O) groups excluding carboxylic acids is 1. The number of hydrogen-bond donors (Lipinski definition) is 1. The van der Waals surface area contributed by atoms with Crippen molar-refractivity contribution in [3.63, 3.8) is 0 Å². The van der Waals surface area contributed by atoms with Crippen LogP contribution in [0.3, 0.4) is 0 Å². The van der Waals surface area contributed by atoms with Crippen molar-refractivity contribution in [3.8, 4) is 0 Å². The fourth-order valence-corrected chi connectivity index (χ4v) is 6.26. The van der Waals surface area contributed by atoms with E-state index in [1.807, 2.05) is 4.90 Å². The van der Waals surface area contributed by atoms with E-state index in [-0.39, 0.29) is 23.4 Å². The van der Waals surface area contributed by atoms with Crippen molar-refractivity contribution in [3.05, 3.63) is 27.4 Å². The van der Waals surface area contributed by atoms with Gasteiger partial charge in [0.15, 0.2) is 0 Å². The lowest BCUT2D eigenvalue weighted by atomic mass is 9.86. The molecule has 3 heterocycles. The van der Waals surface area contributed by atoms with Crippen LogP contribution in [0.1, 0.15) is 94.3 Å². The number of hydrogen-bond acceptors (Lipinski definition) is 4. The summed E-state index contributed by atoms with van der Waals surface area (Å²) in [4.78, 5) is 38.6. The number of rotatable bonds is 3. The maximum atomic E-state index is 13.0. The third kappa shape index (κ3) is 3.83. The van der Waals surface area contributed by atoms with Crippen molar-refractivity contribution in [1.82, 2.24) is 19.8 Å². The van der Waals surface area contributed by atoms with Crippen LogP contribution < -0.4 is 5.56 Å². The molecule has 5 rings (SSSR count). The molecular weight excluding hydrogens is 376 g/mol. The third-order valence-electron chi connectivity index (χ3n) is 8.17. The molecule has 0 radical (unpaired) electrons. The molecule has 2 aliphatic carbocycles. The fourth-order valence-electron chi connectivity index (χ4n) is 6.26. The van der Waals surface area contributed by atoms with Gasteiger partial charge in [0.2, 0.25) is 5.91 Å². The van der Waals surface area contributed by atoms with Gasteiger partial charge in [-0.1, -0.05) is 19.8 Å². The Hall–Kier alpha value is -1.69. The molecule has 30 heavy (non-hydrogen) atoms. The lowest BCUT2D eigenvalue weighted by Crippen LogP contribution is -2.44. The van der Waals surface area contributed by atoms with Crippen LogP contribution in [-0.2, 0) is 17.8 Å². The van der Waals surface area contributed by atoms with E-state index >= 15 is 0 Å². The first-order valence-corrected chi connectivity index (χ1v) is 12.3. The topological polar surface area (TPSA) is 69.3 Å². The monoisotopic (exact) mass is 412 g/mol. The van der Waals surface area contributed by atoms with Gasteiger partial charge in [0, 0.05) is 38.0 Å². The second-order valence-corrected chi connectivity index (χ2v) is 10.2. The summed E-state index contributed by atoms with van der Waals surface area (Å²) in [6.45, 7) is 4.88. The molecule has 0 spiro atoms. The molecule has 1 N–H and O–H groups in total. The smallest absolute Gasteiger partial charge is 0.255 e. The quantitative estimate of drug-likeness (QED) is 0.824. The molecule has 1 atom stereocenters. The summed E-state index contributed by atoms with van der Waals surface area (Å²) in [7, 11) is 0. The zero-order valence-corrected chi connectivity index (χ0v) is 18.4. The molecule has 4 aliphatic rings. The molecule has 1 amide bonds. The summed E-state index contributed by atoms with van der Waals surface area (Å²) >= 11 is 0. The zero-order valence-electron chi connectivity index (χ0n) is 18.4. The van der Waals surface area contributed by atoms with Gasteiger partial charge in [-0.2, -0.15) is 0 Å². The first-order chi connectivity index (χ1) is 14.6. The number of carbonyl (C=O) groups is 1. The van der Waals surface area contributed by atoms with Gasteiger partial charge in [-0.3, -0.25) is 14.5 Å². The van der Waals surface area contributed by atoms with Crippen molar-refractivity contribution in [2.75, 3.05) is 13.1 Å². The molecule has 164 valence electrons. The summed E-state index contributed by atoms with van der Waals surface area (Å²) in [5.74, 6) is 2.03. The van der Waals surface area contributed by atoms with Crippen molar-refractivity contribution in [2.45, 2.75) is 96.2 Å². The molecule has 0 bridgehead atoms. The van der Waals surface area contributed by atoms with Gasteiger partial charge >= 0.3 is 0 Å². The number of likely N-dealkylation sites (tertiary alicyclic amines) is 1. The highest BCUT2D eigenvalue weighted by Crippen LogP contribution is 2.35. The maximum Gasteiger partial charge on any atom is 0.255 e. The molecule has 2 saturated carbocycles. The highest BCUT2D eigenvalue weighted by molar-refractivity contribution is 5.79. The number of aromatic amines is 1. The molecule has 1 aromatic rings. The molecule has 6 heteroatoms. The first kappa shape index (κ1) is 20.2. The van der Waals surface area contributed by atoms with Crippen molar-refractivity contribution < 1.29 is 4.79 Å². The minimum Gasteiger partial charge on any atom is -0.332 e. The molecular formula is C24H36N4O2. The average Bonchev–Trinajstić information content (AvgIpc) is 3.46. The van der Waals surface area contributed by atoms with Gasteiger partial charge < -0.3 is 9.88 Å². The van der Waals surface area contributed by atoms with E-state index in [4.69, 9.17) is 4.98 Å². The molecule has 1 saturated heterocycles. The Morgan fingerprint density at radius 3 is 2.53 bits per heavy atom. The first-order valence-electron chi connectivity index (χ1n) is 12.3. The van der Waals surface area contributed by atoms with Gasteiger partial charge in [0.05, 0.1) is 17.3 Å². The summed E-state index contributed by atoms with van der Waals surface area (Å²) < 4.78 is 0. The van der Waals surface area contributed by atoms with Crippen LogP contribution in [0.5, 0.6) is 0 Å². The summed E-state index contributed by atoms with van der Waals surface area (Å²) in [6.07, 6.45) is 12.2. The van der Waals surface area contributed by atoms with Crippen LogP contribution in [0.25, 0.3) is 0 Å². The Bertz CT molecular complexity index is 836. The van der Waals surface area contributed by atoms with Gasteiger partial charge in [-0.05, 0) is 57.3 Å². The van der Waals surface area contributed by atoms with Gasteiger partial charge in [0.25, 0.3) is 5.56 Å². The molecule has 1 unspecified atom stereocenters. The Balaban J connectivity index is 1.33. The van der Waals surface area contributed by atoms with Gasteiger partial charge in [0.1, 0.15) is 5.82 Å². The van der Waals surface area contributed by atoms with E-state index in [2.05, 4.69) is 16.8 Å². The van der Waals surface area contributed by atoms with Crippen LogP contribution in [0, 0.1) is 11.8 Å². The van der Waals surface area contributed by atoms with Crippen LogP contribution in [0.2, 0.25) is 0 Å². The zero-order chi connectivity index (χ0) is 20.7. The van der Waals surface area contributed by atoms with Gasteiger partial charge in [-0.25, -0.2) is 4.98 Å². The van der Waals surface area contributed by atoms with Crippen molar-refractivity contribution >= 4 is 5.91 Å². The van der Waals surface area contributed by atoms with Crippen LogP contribution >= 0.6 is 0 Å². The van der Waals surface area contributed by atoms with Crippen LogP contribution in [0.4, 0.5) is 0 Å². The van der Waals surface area contributed by atoms with E-state index in [0.717, 1.165) is 74.7 Å². The molecule has 2 aliphatic heterocycles. The second kappa shape index (κ2) is 8.45. The summed E-state index contributed by atoms with van der Waals surface area (Å²) in [6, 6.07) is 0.566. The number of nitrogens with one attached hydrogen (secondary N) is 1. The van der Waals surface area contributed by atoms with Gasteiger partial charge in [-0.15, -0.1) is 0 Å². The van der Waals surface area contributed by atoms with Crippen LogP contribution in [0.15, 0.2) is 4.79 Å². The highest BCUT2D eigenvalue weighted by Gasteiger charge is 2.37. The number of nitrogens with zero attached hydrogens (tertiary/aromatic N) is 3. The number of amides is 1. The molecule has 3 fully saturated rings. The van der Waals surface area contributed by atoms with Crippen molar-refractivity contribution in [2.24, 2.45) is 11.8 Å². The van der Waals surface area contributed by atoms with Crippen LogP contribution in [-0.4, -0.2) is 44.8 Å². The molecule has 1 aromatic heterocycles. The lowest BCUT2D eigenvalue weighted by Gasteiger charge is -2.38. The molecule has 6 nitrogen and oxygen atoms in total. The predicted octanol–water partition coefficient (Wildman–Crippen LogP) is 3.56. The lowest BCUT2D eigenvalue weighted by molar-refractivity contribution is -0.136. The standard InChI is InChI=1S/C24H36N4O2/c1-16-8-10-18(11-9-16)27-14-12-20-19(15-27)23(29)26-22(25-20)21-7-4-13-28(21)24(30)17-5-2-3-6-17/h16-18,21H,2-15H2,1H3,(H,25,26,29). The minimum atomic E-state index is -0.0473. The van der Waals surface area contributed by atoms with E-state index in [1.165, 1.54) is 38.5 Å². The summed E-state index contributed by atoms with van der Waals surface area (Å²) in [5, 5.41) is 0. The molecule has 0 aromatic carbocycles. The van der Waals surface area contributed by atoms with E-state index in [0.29, 0.717) is 6.04 Å². The number of fused-ring (bicyclic) bond motifs is 1. The van der Waals surface area contributed by atoms with E-state index in [1.54, 1.807) is 0 Å². The Labute approximate surface area is 179 Å². The average molecular weight is 413 g/mol. The summed E-state index contributed by atoms with van der Waals surface area (Å²) in [5.41, 5.74) is 1.84. The number of H-pyrrole nitrogens is 1. The largest absolute Gasteiger partial charge is 0.332 e. The third-order valence-corrected chi connectivity index (χ3v) is 8.17. The van der Waals surface area contributed by atoms with Crippen molar-refractivity contribution in [1.29, 1.82) is 0 Å². The Morgan fingerprint density at radius 1 is 1.00 bits per heavy atom. The second-order valence-electron chi connectivity index (χ2n) is 10.2. The highest BCUT2D eigenvalue weighted by atomic mass is 16.2. The Kier molecular flexibility index (Phi) is 5.69. The Morgan fingerprint density at radius 2 is 1.77 bits per heavy atom. The fraction of sp³-hybridized carbons (Fsp3) is 0.792. The normalized spacial score (nSPS) is 30.6. The SMILES string of the molecule is CC1CCC(N2CCc3nc(C4CCCN4C(=O)C4CCCC4)[nH]c(=O)c3C2)CC1. The maximum absolute atomic E-state index is 13.0. The minimum absolute atomic E-state index is 0.0176. The predicted molar refractivity (Wildman–Crippen MR) is 116 cm³/mol. The van der Waals surface area contributed by atoms with E-state index in [9.17, 15) is 9.59 Å². The van der Waals surface area contributed by atoms with E-state index < -0.39 is 0 Å².